The third-order valence-corrected chi connectivity index (χ3v) is 4.80. The Morgan fingerprint density at radius 2 is 1.81 bits per heavy atom. The van der Waals surface area contributed by atoms with Crippen molar-refractivity contribution in [1.82, 2.24) is 24.5 Å². The quantitative estimate of drug-likeness (QED) is 0.718. The highest BCUT2D eigenvalue weighted by Gasteiger charge is 2.21. The molecule has 1 aliphatic rings. The van der Waals surface area contributed by atoms with Gasteiger partial charge in [0.2, 0.25) is 0 Å². The van der Waals surface area contributed by atoms with Gasteiger partial charge in [0.25, 0.3) is 5.56 Å². The Kier molecular flexibility index (Phi) is 4.68. The first kappa shape index (κ1) is 16.4. The van der Waals surface area contributed by atoms with Crippen molar-refractivity contribution in [3.63, 3.8) is 0 Å². The van der Waals surface area contributed by atoms with Crippen LogP contribution in [-0.2, 0) is 6.54 Å². The lowest BCUT2D eigenvalue weighted by Crippen LogP contribution is -2.36. The van der Waals surface area contributed by atoms with E-state index >= 15 is 0 Å². The number of hydrogen-bond donors (Lipinski definition) is 0. The number of hydrogen-bond acceptors (Lipinski definition) is 6. The minimum atomic E-state index is -0.0110. The van der Waals surface area contributed by atoms with Gasteiger partial charge in [-0.25, -0.2) is 9.97 Å². The Balaban J connectivity index is 1.40. The van der Waals surface area contributed by atoms with Gasteiger partial charge < -0.3 is 4.90 Å². The molecule has 3 aromatic rings. The molecule has 3 aromatic heterocycles. The third-order valence-electron chi connectivity index (χ3n) is 4.80. The monoisotopic (exact) mass is 348 g/mol. The molecule has 7 heteroatoms. The Morgan fingerprint density at radius 1 is 1.00 bits per heavy atom. The smallest absolute Gasteiger partial charge is 0.253 e. The maximum atomic E-state index is 12.5. The fourth-order valence-electron chi connectivity index (χ4n) is 3.32. The van der Waals surface area contributed by atoms with Gasteiger partial charge in [0, 0.05) is 56.1 Å². The van der Waals surface area contributed by atoms with Crippen LogP contribution in [0.15, 0.2) is 60.3 Å². The molecule has 0 atom stereocenters. The summed E-state index contributed by atoms with van der Waals surface area (Å²) in [6, 6.07) is 5.31. The van der Waals surface area contributed by atoms with Crippen molar-refractivity contribution in [1.29, 1.82) is 0 Å². The number of rotatable bonds is 4. The maximum Gasteiger partial charge on any atom is 0.253 e. The molecule has 1 fully saturated rings. The number of piperidine rings is 1. The van der Waals surface area contributed by atoms with Crippen molar-refractivity contribution in [2.75, 3.05) is 18.0 Å². The molecule has 132 valence electrons. The van der Waals surface area contributed by atoms with E-state index in [1.165, 1.54) is 0 Å². The molecule has 0 N–H and O–H groups in total. The molecule has 4 heterocycles. The predicted molar refractivity (Wildman–Crippen MR) is 98.7 cm³/mol. The van der Waals surface area contributed by atoms with Crippen molar-refractivity contribution in [3.05, 3.63) is 65.9 Å². The van der Waals surface area contributed by atoms with Gasteiger partial charge in [-0.05, 0) is 30.9 Å². The highest BCUT2D eigenvalue weighted by Crippen LogP contribution is 2.22. The van der Waals surface area contributed by atoms with E-state index in [0.29, 0.717) is 18.2 Å². The van der Waals surface area contributed by atoms with Gasteiger partial charge in [-0.1, -0.05) is 0 Å². The molecule has 0 spiro atoms. The van der Waals surface area contributed by atoms with E-state index in [2.05, 4.69) is 24.8 Å². The summed E-state index contributed by atoms with van der Waals surface area (Å²) in [5.41, 5.74) is 1.58. The Labute approximate surface area is 151 Å². The van der Waals surface area contributed by atoms with Gasteiger partial charge in [0.1, 0.15) is 5.82 Å². The lowest BCUT2D eigenvalue weighted by atomic mass is 9.96. The molecule has 0 unspecified atom stereocenters. The molecular weight excluding hydrogens is 328 g/mol. The summed E-state index contributed by atoms with van der Waals surface area (Å²) in [6.07, 6.45) is 12.3. The molecule has 1 saturated heterocycles. The molecule has 0 radical (unpaired) electrons. The van der Waals surface area contributed by atoms with E-state index in [1.807, 2.05) is 12.1 Å². The van der Waals surface area contributed by atoms with Gasteiger partial charge in [-0.15, -0.1) is 0 Å². The molecule has 26 heavy (non-hydrogen) atoms. The van der Waals surface area contributed by atoms with Crippen LogP contribution in [-0.4, -0.2) is 37.6 Å². The molecule has 0 saturated carbocycles. The summed E-state index contributed by atoms with van der Waals surface area (Å²) in [5, 5.41) is 0. The predicted octanol–water partition coefficient (Wildman–Crippen LogP) is 2.01. The molecule has 7 nitrogen and oxygen atoms in total. The van der Waals surface area contributed by atoms with Crippen LogP contribution < -0.4 is 10.5 Å². The Morgan fingerprint density at radius 3 is 2.50 bits per heavy atom. The number of anilines is 1. The van der Waals surface area contributed by atoms with Crippen LogP contribution in [0.25, 0.3) is 11.3 Å². The van der Waals surface area contributed by atoms with Crippen LogP contribution in [0.2, 0.25) is 0 Å². The maximum absolute atomic E-state index is 12.5. The number of nitrogens with zero attached hydrogens (tertiary/aromatic N) is 6. The van der Waals surface area contributed by atoms with Crippen LogP contribution in [0.4, 0.5) is 5.82 Å². The van der Waals surface area contributed by atoms with E-state index in [4.69, 9.17) is 0 Å². The zero-order valence-corrected chi connectivity index (χ0v) is 14.4. The van der Waals surface area contributed by atoms with Crippen LogP contribution >= 0.6 is 0 Å². The average Bonchev–Trinajstić information content (AvgIpc) is 2.71. The molecule has 1 aliphatic heterocycles. The minimum absolute atomic E-state index is 0.0110. The normalized spacial score (nSPS) is 15.2. The summed E-state index contributed by atoms with van der Waals surface area (Å²) >= 11 is 0. The van der Waals surface area contributed by atoms with E-state index in [1.54, 1.807) is 47.9 Å². The summed E-state index contributed by atoms with van der Waals surface area (Å²) < 4.78 is 1.72. The second-order valence-corrected chi connectivity index (χ2v) is 6.49. The summed E-state index contributed by atoms with van der Waals surface area (Å²) in [6.45, 7) is 2.57. The highest BCUT2D eigenvalue weighted by atomic mass is 16.1. The topological polar surface area (TPSA) is 76.8 Å². The fraction of sp³-hybridized carbons (Fsp3) is 0.316. The van der Waals surface area contributed by atoms with Crippen molar-refractivity contribution in [2.45, 2.75) is 19.4 Å². The highest BCUT2D eigenvalue weighted by molar-refractivity contribution is 5.57. The lowest BCUT2D eigenvalue weighted by Gasteiger charge is -2.32. The summed E-state index contributed by atoms with van der Waals surface area (Å²) in [5.74, 6) is 1.39. The zero-order chi connectivity index (χ0) is 17.8. The molecule has 0 aromatic carbocycles. The van der Waals surface area contributed by atoms with Gasteiger partial charge in [0.05, 0.1) is 18.2 Å². The molecule has 0 amide bonds. The van der Waals surface area contributed by atoms with Gasteiger partial charge in [-0.3, -0.25) is 19.3 Å². The second-order valence-electron chi connectivity index (χ2n) is 6.49. The van der Waals surface area contributed by atoms with Crippen molar-refractivity contribution in [3.8, 4) is 11.3 Å². The van der Waals surface area contributed by atoms with E-state index < -0.39 is 0 Å². The fourth-order valence-corrected chi connectivity index (χ4v) is 3.32. The summed E-state index contributed by atoms with van der Waals surface area (Å²) in [7, 11) is 0. The van der Waals surface area contributed by atoms with Crippen LogP contribution in [0.3, 0.4) is 0 Å². The van der Waals surface area contributed by atoms with E-state index in [-0.39, 0.29) is 5.56 Å². The van der Waals surface area contributed by atoms with Crippen LogP contribution in [0.5, 0.6) is 0 Å². The largest absolute Gasteiger partial charge is 0.355 e. The van der Waals surface area contributed by atoms with Crippen LogP contribution in [0.1, 0.15) is 12.8 Å². The van der Waals surface area contributed by atoms with Gasteiger partial charge in [-0.2, -0.15) is 0 Å². The van der Waals surface area contributed by atoms with E-state index in [0.717, 1.165) is 37.3 Å². The second kappa shape index (κ2) is 7.43. The molecule has 4 rings (SSSR count). The average molecular weight is 348 g/mol. The standard InChI is InChI=1S/C19H20N6O/c26-19-11-17(16-1-5-20-6-2-16)23-14-25(19)13-15-3-9-24(10-4-15)18-12-21-7-8-22-18/h1-2,5-8,11-12,14-15H,3-4,9-10,13H2. The first-order chi connectivity index (χ1) is 12.8. The van der Waals surface area contributed by atoms with Crippen molar-refractivity contribution < 1.29 is 0 Å². The van der Waals surface area contributed by atoms with Crippen molar-refractivity contribution >= 4 is 5.82 Å². The minimum Gasteiger partial charge on any atom is -0.355 e. The molecule has 0 bridgehead atoms. The SMILES string of the molecule is O=c1cc(-c2ccncc2)ncn1CC1CCN(c2cnccn2)CC1. The van der Waals surface area contributed by atoms with Gasteiger partial charge >= 0.3 is 0 Å². The summed E-state index contributed by atoms with van der Waals surface area (Å²) in [4.78, 5) is 31.6. The first-order valence-corrected chi connectivity index (χ1v) is 8.77. The Hall–Kier alpha value is -3.09. The lowest BCUT2D eigenvalue weighted by molar-refractivity contribution is 0.350. The van der Waals surface area contributed by atoms with Gasteiger partial charge in [0.15, 0.2) is 0 Å². The number of pyridine rings is 1. The number of aromatic nitrogens is 5. The molecular formula is C19H20N6O. The Bertz CT molecular complexity index is 904. The first-order valence-electron chi connectivity index (χ1n) is 8.77. The molecule has 0 aliphatic carbocycles. The van der Waals surface area contributed by atoms with E-state index in [9.17, 15) is 4.79 Å². The van der Waals surface area contributed by atoms with Crippen molar-refractivity contribution in [2.24, 2.45) is 5.92 Å². The zero-order valence-electron chi connectivity index (χ0n) is 14.4. The third kappa shape index (κ3) is 3.61. The van der Waals surface area contributed by atoms with Crippen LogP contribution in [0, 0.1) is 5.92 Å².